The van der Waals surface area contributed by atoms with E-state index in [1.54, 1.807) is 11.3 Å². The Bertz CT molecular complexity index is 504. The van der Waals surface area contributed by atoms with Crippen LogP contribution in [0.2, 0.25) is 0 Å². The summed E-state index contributed by atoms with van der Waals surface area (Å²) in [6, 6.07) is 2.14. The Hall–Kier alpha value is -0.630. The number of carbonyl (C=O) groups excluding carboxylic acids is 1. The molecular formula is C17H22OS. The zero-order valence-corrected chi connectivity index (χ0v) is 12.7. The van der Waals surface area contributed by atoms with Crippen LogP contribution in [0.3, 0.4) is 0 Å². The van der Waals surface area contributed by atoms with Crippen LogP contribution in [0.15, 0.2) is 6.07 Å². The lowest BCUT2D eigenvalue weighted by Gasteiger charge is -2.56. The summed E-state index contributed by atoms with van der Waals surface area (Å²) in [5.74, 6) is 3.06. The van der Waals surface area contributed by atoms with Gasteiger partial charge in [-0.05, 0) is 76.2 Å². The van der Waals surface area contributed by atoms with E-state index in [0.717, 1.165) is 23.3 Å². The number of Topliss-reactive ketones (excluding diaryl/α,β-unsaturated/α-hetero) is 1. The maximum absolute atomic E-state index is 13.1. The van der Waals surface area contributed by atoms with Crippen molar-refractivity contribution in [2.24, 2.45) is 23.2 Å². The highest BCUT2D eigenvalue weighted by Gasteiger charge is 2.54. The molecule has 0 aliphatic heterocycles. The van der Waals surface area contributed by atoms with Crippen LogP contribution < -0.4 is 0 Å². The first-order valence-electron chi connectivity index (χ1n) is 7.67. The summed E-state index contributed by atoms with van der Waals surface area (Å²) in [4.78, 5) is 15.7. The predicted molar refractivity (Wildman–Crippen MR) is 78.7 cm³/mol. The van der Waals surface area contributed by atoms with Crippen molar-refractivity contribution in [1.29, 1.82) is 0 Å². The fourth-order valence-electron chi connectivity index (χ4n) is 5.53. The molecule has 1 heterocycles. The minimum Gasteiger partial charge on any atom is -0.294 e. The van der Waals surface area contributed by atoms with Gasteiger partial charge in [-0.3, -0.25) is 4.79 Å². The molecule has 4 aliphatic rings. The largest absolute Gasteiger partial charge is 0.294 e. The average molecular weight is 274 g/mol. The summed E-state index contributed by atoms with van der Waals surface area (Å²) >= 11 is 1.78. The molecule has 1 nitrogen and oxygen atoms in total. The molecule has 2 heteroatoms. The van der Waals surface area contributed by atoms with Crippen molar-refractivity contribution in [3.63, 3.8) is 0 Å². The number of carbonyl (C=O) groups is 1. The van der Waals surface area contributed by atoms with Gasteiger partial charge in [0.2, 0.25) is 0 Å². The SMILES string of the molecule is Cc1cc(C(=O)C23CC4CC(CC(C4)C2)C3)c(C)s1. The molecule has 1 aromatic heterocycles. The van der Waals surface area contributed by atoms with E-state index < -0.39 is 0 Å². The molecule has 4 fully saturated rings. The van der Waals surface area contributed by atoms with E-state index in [9.17, 15) is 4.79 Å². The summed E-state index contributed by atoms with van der Waals surface area (Å²) in [5, 5.41) is 0. The first-order chi connectivity index (χ1) is 9.06. The van der Waals surface area contributed by atoms with Gasteiger partial charge in [-0.15, -0.1) is 11.3 Å². The van der Waals surface area contributed by atoms with Crippen molar-refractivity contribution in [3.8, 4) is 0 Å². The van der Waals surface area contributed by atoms with Crippen molar-refractivity contribution >= 4 is 17.1 Å². The smallest absolute Gasteiger partial charge is 0.170 e. The van der Waals surface area contributed by atoms with Gasteiger partial charge in [0.15, 0.2) is 5.78 Å². The molecule has 1 aromatic rings. The molecule has 19 heavy (non-hydrogen) atoms. The van der Waals surface area contributed by atoms with Gasteiger partial charge in [0, 0.05) is 20.7 Å². The van der Waals surface area contributed by atoms with Gasteiger partial charge in [-0.25, -0.2) is 0 Å². The molecule has 0 radical (unpaired) electrons. The van der Waals surface area contributed by atoms with Crippen LogP contribution in [0.1, 0.15) is 58.6 Å². The molecule has 4 saturated carbocycles. The molecule has 4 aliphatic carbocycles. The lowest BCUT2D eigenvalue weighted by molar-refractivity contribution is -0.0353. The van der Waals surface area contributed by atoms with Gasteiger partial charge < -0.3 is 0 Å². The molecule has 0 amide bonds. The fraction of sp³-hybridized carbons (Fsp3) is 0.706. The lowest BCUT2D eigenvalue weighted by Crippen LogP contribution is -2.50. The molecule has 0 N–H and O–H groups in total. The van der Waals surface area contributed by atoms with Crippen LogP contribution in [0.5, 0.6) is 0 Å². The standard InChI is InChI=1S/C17H22OS/c1-10-3-15(11(2)19-10)16(18)17-7-12-4-13(8-17)6-14(5-12)9-17/h3,12-14H,4-9H2,1-2H3. The maximum atomic E-state index is 13.1. The van der Waals surface area contributed by atoms with Crippen molar-refractivity contribution in [1.82, 2.24) is 0 Å². The molecule has 0 spiro atoms. The van der Waals surface area contributed by atoms with Crippen LogP contribution in [0, 0.1) is 37.0 Å². The summed E-state index contributed by atoms with van der Waals surface area (Å²) in [7, 11) is 0. The number of hydrogen-bond donors (Lipinski definition) is 0. The molecule has 5 rings (SSSR count). The van der Waals surface area contributed by atoms with Crippen LogP contribution >= 0.6 is 11.3 Å². The Morgan fingerprint density at radius 2 is 1.63 bits per heavy atom. The van der Waals surface area contributed by atoms with Gasteiger partial charge >= 0.3 is 0 Å². The molecular weight excluding hydrogens is 252 g/mol. The Morgan fingerprint density at radius 1 is 1.11 bits per heavy atom. The van der Waals surface area contributed by atoms with E-state index >= 15 is 0 Å². The van der Waals surface area contributed by atoms with Gasteiger partial charge in [0.1, 0.15) is 0 Å². The van der Waals surface area contributed by atoms with Gasteiger partial charge in [0.25, 0.3) is 0 Å². The van der Waals surface area contributed by atoms with Crippen LogP contribution in [-0.4, -0.2) is 5.78 Å². The van der Waals surface area contributed by atoms with E-state index in [4.69, 9.17) is 0 Å². The highest BCUT2D eigenvalue weighted by Crippen LogP contribution is 2.61. The van der Waals surface area contributed by atoms with E-state index in [1.807, 2.05) is 0 Å². The topological polar surface area (TPSA) is 17.1 Å². The van der Waals surface area contributed by atoms with Crippen LogP contribution in [0.4, 0.5) is 0 Å². The summed E-state index contributed by atoms with van der Waals surface area (Å²) in [5.41, 5.74) is 1.08. The summed E-state index contributed by atoms with van der Waals surface area (Å²) < 4.78 is 0. The second-order valence-electron chi connectivity index (χ2n) is 7.35. The summed E-state index contributed by atoms with van der Waals surface area (Å²) in [6.07, 6.45) is 7.79. The zero-order valence-electron chi connectivity index (χ0n) is 11.9. The monoisotopic (exact) mass is 274 g/mol. The highest BCUT2D eigenvalue weighted by atomic mass is 32.1. The minimum atomic E-state index is 0.0347. The van der Waals surface area contributed by atoms with Crippen molar-refractivity contribution in [3.05, 3.63) is 21.4 Å². The van der Waals surface area contributed by atoms with E-state index in [2.05, 4.69) is 19.9 Å². The van der Waals surface area contributed by atoms with Crippen LogP contribution in [0.25, 0.3) is 0 Å². The van der Waals surface area contributed by atoms with Crippen molar-refractivity contribution in [2.75, 3.05) is 0 Å². The number of thiophene rings is 1. The zero-order chi connectivity index (χ0) is 13.2. The van der Waals surface area contributed by atoms with E-state index in [0.29, 0.717) is 5.78 Å². The molecule has 0 unspecified atom stereocenters. The number of hydrogen-bond acceptors (Lipinski definition) is 2. The third-order valence-corrected chi connectivity index (χ3v) is 6.77. The fourth-order valence-corrected chi connectivity index (χ4v) is 6.45. The van der Waals surface area contributed by atoms with Crippen LogP contribution in [-0.2, 0) is 0 Å². The predicted octanol–water partition coefficient (Wildman–Crippen LogP) is 4.76. The molecule has 0 saturated heterocycles. The maximum Gasteiger partial charge on any atom is 0.170 e. The minimum absolute atomic E-state index is 0.0347. The molecule has 4 bridgehead atoms. The van der Waals surface area contributed by atoms with Crippen molar-refractivity contribution in [2.45, 2.75) is 52.4 Å². The number of ketones is 1. The number of rotatable bonds is 2. The van der Waals surface area contributed by atoms with Gasteiger partial charge in [0.05, 0.1) is 0 Å². The Kier molecular flexibility index (Phi) is 2.52. The Labute approximate surface area is 119 Å². The van der Waals surface area contributed by atoms with Gasteiger partial charge in [-0.1, -0.05) is 0 Å². The average Bonchev–Trinajstić information content (AvgIpc) is 2.65. The second-order valence-corrected chi connectivity index (χ2v) is 8.81. The second kappa shape index (κ2) is 3.94. The normalized spacial score (nSPS) is 39.8. The first-order valence-corrected chi connectivity index (χ1v) is 8.49. The van der Waals surface area contributed by atoms with E-state index in [1.165, 1.54) is 48.3 Å². The molecule has 0 atom stereocenters. The highest BCUT2D eigenvalue weighted by molar-refractivity contribution is 7.12. The summed E-state index contributed by atoms with van der Waals surface area (Å²) in [6.45, 7) is 4.24. The number of aryl methyl sites for hydroxylation is 2. The quantitative estimate of drug-likeness (QED) is 0.710. The van der Waals surface area contributed by atoms with E-state index in [-0.39, 0.29) is 5.41 Å². The Morgan fingerprint density at radius 3 is 2.05 bits per heavy atom. The Balaban J connectivity index is 1.72. The van der Waals surface area contributed by atoms with Gasteiger partial charge in [-0.2, -0.15) is 0 Å². The molecule has 0 aromatic carbocycles. The lowest BCUT2D eigenvalue weighted by atomic mass is 9.48. The first kappa shape index (κ1) is 12.1. The third kappa shape index (κ3) is 1.75. The molecule has 102 valence electrons. The third-order valence-electron chi connectivity index (χ3n) is 5.81. The van der Waals surface area contributed by atoms with Crippen molar-refractivity contribution < 1.29 is 4.79 Å².